The number of hydrogen-bond acceptors (Lipinski definition) is 6. The van der Waals surface area contributed by atoms with Crippen LogP contribution >= 0.6 is 0 Å². The van der Waals surface area contributed by atoms with Crippen molar-refractivity contribution in [2.24, 2.45) is 0 Å². The maximum atomic E-state index is 5.70. The van der Waals surface area contributed by atoms with Gasteiger partial charge in [0.25, 0.3) is 0 Å². The van der Waals surface area contributed by atoms with Crippen LogP contribution in [-0.2, 0) is 0 Å². The zero-order valence-electron chi connectivity index (χ0n) is 11.5. The van der Waals surface area contributed by atoms with Crippen LogP contribution in [-0.4, -0.2) is 41.6 Å². The van der Waals surface area contributed by atoms with Crippen molar-refractivity contribution in [2.45, 2.75) is 32.7 Å². The van der Waals surface area contributed by atoms with Gasteiger partial charge in [-0.25, -0.2) is 0 Å². The maximum Gasteiger partial charge on any atom is 0.232 e. The van der Waals surface area contributed by atoms with Gasteiger partial charge in [-0.1, -0.05) is 6.92 Å². The Balaban J connectivity index is 3.14. The van der Waals surface area contributed by atoms with Crippen LogP contribution < -0.4 is 15.5 Å². The molecular weight excluding hydrogens is 216 g/mol. The predicted molar refractivity (Wildman–Crippen MR) is 71.3 cm³/mol. The first-order valence-electron chi connectivity index (χ1n) is 5.70. The van der Waals surface area contributed by atoms with Gasteiger partial charge in [-0.05, 0) is 20.3 Å². The molecule has 0 aliphatic rings. The summed E-state index contributed by atoms with van der Waals surface area (Å²) in [7, 11) is 5.73. The number of anilines is 3. The second-order valence-corrected chi connectivity index (χ2v) is 4.91. The molecule has 0 amide bonds. The third kappa shape index (κ3) is 2.95. The Morgan fingerprint density at radius 1 is 1.06 bits per heavy atom. The highest BCUT2D eigenvalue weighted by atomic mass is 15.3. The summed E-state index contributed by atoms with van der Waals surface area (Å²) in [6, 6.07) is 0. The van der Waals surface area contributed by atoms with E-state index in [-0.39, 0.29) is 11.5 Å². The quantitative estimate of drug-likeness (QED) is 0.848. The number of hydrogen-bond donors (Lipinski definition) is 1. The molecule has 0 bridgehead atoms. The molecule has 0 fully saturated rings. The molecule has 17 heavy (non-hydrogen) atoms. The third-order valence-electron chi connectivity index (χ3n) is 3.10. The lowest BCUT2D eigenvalue weighted by Gasteiger charge is -2.35. The van der Waals surface area contributed by atoms with Crippen LogP contribution in [0, 0.1) is 0 Å². The molecular formula is C11H22N6. The highest BCUT2D eigenvalue weighted by Gasteiger charge is 2.24. The minimum atomic E-state index is -0.0165. The van der Waals surface area contributed by atoms with Crippen molar-refractivity contribution in [1.29, 1.82) is 0 Å². The van der Waals surface area contributed by atoms with Gasteiger partial charge >= 0.3 is 0 Å². The van der Waals surface area contributed by atoms with Crippen LogP contribution in [0.4, 0.5) is 17.8 Å². The second-order valence-electron chi connectivity index (χ2n) is 4.91. The van der Waals surface area contributed by atoms with Crippen LogP contribution in [0.2, 0.25) is 0 Å². The highest BCUT2D eigenvalue weighted by molar-refractivity contribution is 5.43. The molecule has 0 atom stereocenters. The normalized spacial score (nSPS) is 11.4. The van der Waals surface area contributed by atoms with Gasteiger partial charge in [0, 0.05) is 26.7 Å². The summed E-state index contributed by atoms with van der Waals surface area (Å²) in [6.07, 6.45) is 0.992. The number of nitrogen functional groups attached to an aromatic ring is 1. The Kier molecular flexibility index (Phi) is 3.75. The van der Waals surface area contributed by atoms with Gasteiger partial charge in [0.1, 0.15) is 0 Å². The monoisotopic (exact) mass is 238 g/mol. The van der Waals surface area contributed by atoms with Crippen molar-refractivity contribution in [3.63, 3.8) is 0 Å². The fourth-order valence-corrected chi connectivity index (χ4v) is 1.23. The van der Waals surface area contributed by atoms with Crippen LogP contribution in [0.15, 0.2) is 0 Å². The first kappa shape index (κ1) is 13.5. The molecule has 6 nitrogen and oxygen atoms in total. The number of nitrogens with two attached hydrogens (primary N) is 1. The van der Waals surface area contributed by atoms with Crippen molar-refractivity contribution in [2.75, 3.05) is 36.7 Å². The van der Waals surface area contributed by atoms with Crippen LogP contribution in [0.25, 0.3) is 0 Å². The molecule has 0 radical (unpaired) electrons. The van der Waals surface area contributed by atoms with Crippen LogP contribution in [0.1, 0.15) is 27.2 Å². The smallest absolute Gasteiger partial charge is 0.232 e. The maximum absolute atomic E-state index is 5.70. The van der Waals surface area contributed by atoms with E-state index in [1.165, 1.54) is 0 Å². The van der Waals surface area contributed by atoms with Gasteiger partial charge in [0.15, 0.2) is 0 Å². The fraction of sp³-hybridized carbons (Fsp3) is 0.727. The average molecular weight is 238 g/mol. The van der Waals surface area contributed by atoms with E-state index in [2.05, 4.69) is 35.7 Å². The molecule has 1 aromatic rings. The molecule has 96 valence electrons. The zero-order chi connectivity index (χ0) is 13.2. The first-order valence-corrected chi connectivity index (χ1v) is 5.70. The van der Waals surface area contributed by atoms with Gasteiger partial charge in [-0.15, -0.1) is 0 Å². The van der Waals surface area contributed by atoms with Gasteiger partial charge in [0.05, 0.1) is 0 Å². The number of aromatic nitrogens is 3. The van der Waals surface area contributed by atoms with Gasteiger partial charge < -0.3 is 15.5 Å². The molecule has 0 aliphatic heterocycles. The summed E-state index contributed by atoms with van der Waals surface area (Å²) < 4.78 is 0. The Hall–Kier alpha value is -1.59. The molecule has 1 aromatic heterocycles. The minimum Gasteiger partial charge on any atom is -0.368 e. The second kappa shape index (κ2) is 4.73. The molecule has 0 unspecified atom stereocenters. The summed E-state index contributed by atoms with van der Waals surface area (Å²) in [6.45, 7) is 6.42. The summed E-state index contributed by atoms with van der Waals surface area (Å²) in [5.74, 6) is 1.43. The predicted octanol–water partition coefficient (Wildman–Crippen LogP) is 1.14. The molecule has 1 rings (SSSR count). The third-order valence-corrected chi connectivity index (χ3v) is 3.10. The van der Waals surface area contributed by atoms with Crippen molar-refractivity contribution in [3.8, 4) is 0 Å². The van der Waals surface area contributed by atoms with Crippen LogP contribution in [0.3, 0.4) is 0 Å². The lowest BCUT2D eigenvalue weighted by molar-refractivity contribution is 0.463. The minimum absolute atomic E-state index is 0.0165. The SMILES string of the molecule is CCC(C)(C)N(C)c1nc(N)nc(N(C)C)n1. The molecule has 0 spiro atoms. The van der Waals surface area contributed by atoms with Gasteiger partial charge in [-0.3, -0.25) is 0 Å². The van der Waals surface area contributed by atoms with E-state index in [0.717, 1.165) is 6.42 Å². The number of rotatable bonds is 4. The highest BCUT2D eigenvalue weighted by Crippen LogP contribution is 2.22. The Morgan fingerprint density at radius 2 is 1.59 bits per heavy atom. The first-order chi connectivity index (χ1) is 7.77. The molecule has 1 heterocycles. The van der Waals surface area contributed by atoms with Crippen molar-refractivity contribution < 1.29 is 0 Å². The van der Waals surface area contributed by atoms with E-state index in [9.17, 15) is 0 Å². The Labute approximate surface area is 103 Å². The van der Waals surface area contributed by atoms with E-state index in [4.69, 9.17) is 5.73 Å². The van der Waals surface area contributed by atoms with E-state index in [1.54, 1.807) is 0 Å². The molecule has 0 aliphatic carbocycles. The lowest BCUT2D eigenvalue weighted by atomic mass is 10.0. The largest absolute Gasteiger partial charge is 0.368 e. The van der Waals surface area contributed by atoms with Crippen molar-refractivity contribution >= 4 is 17.8 Å². The molecule has 0 saturated carbocycles. The molecule has 2 N–H and O–H groups in total. The topological polar surface area (TPSA) is 71.2 Å². The zero-order valence-corrected chi connectivity index (χ0v) is 11.5. The van der Waals surface area contributed by atoms with E-state index in [0.29, 0.717) is 11.9 Å². The fourth-order valence-electron chi connectivity index (χ4n) is 1.23. The molecule has 6 heteroatoms. The van der Waals surface area contributed by atoms with E-state index in [1.807, 2.05) is 30.9 Å². The van der Waals surface area contributed by atoms with Crippen molar-refractivity contribution in [3.05, 3.63) is 0 Å². The van der Waals surface area contributed by atoms with Gasteiger partial charge in [-0.2, -0.15) is 15.0 Å². The lowest BCUT2D eigenvalue weighted by Crippen LogP contribution is -2.41. The summed E-state index contributed by atoms with van der Waals surface area (Å²) >= 11 is 0. The Morgan fingerprint density at radius 3 is 2.06 bits per heavy atom. The molecule has 0 saturated heterocycles. The standard InChI is InChI=1S/C11H22N6/c1-7-11(2,3)17(6)10-14-8(12)13-9(15-10)16(4)5/h7H2,1-6H3,(H2,12,13,14,15). The summed E-state index contributed by atoms with van der Waals surface area (Å²) in [4.78, 5) is 16.5. The van der Waals surface area contributed by atoms with Crippen molar-refractivity contribution in [1.82, 2.24) is 15.0 Å². The van der Waals surface area contributed by atoms with Crippen LogP contribution in [0.5, 0.6) is 0 Å². The van der Waals surface area contributed by atoms with E-state index < -0.39 is 0 Å². The Bertz CT molecular complexity index is 388. The van der Waals surface area contributed by atoms with Gasteiger partial charge in [0.2, 0.25) is 17.8 Å². The molecule has 0 aromatic carbocycles. The summed E-state index contributed by atoms with van der Waals surface area (Å²) in [5.41, 5.74) is 5.69. The average Bonchev–Trinajstić information content (AvgIpc) is 2.27. The van der Waals surface area contributed by atoms with E-state index >= 15 is 0 Å². The summed E-state index contributed by atoms with van der Waals surface area (Å²) in [5, 5.41) is 0. The number of nitrogens with zero attached hydrogens (tertiary/aromatic N) is 5.